The first kappa shape index (κ1) is 35.1. The predicted molar refractivity (Wildman–Crippen MR) is 172 cm³/mol. The van der Waals surface area contributed by atoms with Gasteiger partial charge < -0.3 is 10.2 Å². The minimum Gasteiger partial charge on any atom is -0.357 e. The number of alkyl halides is 3. The smallest absolute Gasteiger partial charge is 0.357 e. The monoisotopic (exact) mass is 711 g/mol. The molecule has 0 aliphatic rings. The molecule has 1 N–H and O–H groups in total. The fourth-order valence-electron chi connectivity index (χ4n) is 4.69. The van der Waals surface area contributed by atoms with E-state index in [4.69, 9.17) is 34.8 Å². The van der Waals surface area contributed by atoms with E-state index in [0.29, 0.717) is 22.0 Å². The van der Waals surface area contributed by atoms with Crippen molar-refractivity contribution < 1.29 is 31.2 Å². The number of nitrogens with one attached hydrogen (secondary N) is 1. The Kier molecular flexibility index (Phi) is 11.3. The Morgan fingerprint density at radius 1 is 0.826 bits per heavy atom. The minimum absolute atomic E-state index is 0.00404. The number of nitrogens with zero attached hydrogens (tertiary/aromatic N) is 2. The van der Waals surface area contributed by atoms with E-state index < -0.39 is 51.9 Å². The Labute approximate surface area is 279 Å². The highest BCUT2D eigenvalue weighted by atomic mass is 35.5. The van der Waals surface area contributed by atoms with Gasteiger partial charge in [-0.25, -0.2) is 8.42 Å². The lowest BCUT2D eigenvalue weighted by molar-refractivity contribution is -0.139. The number of halogens is 6. The summed E-state index contributed by atoms with van der Waals surface area (Å²) in [6.45, 7) is -1.36. The molecule has 0 aliphatic carbocycles. The summed E-state index contributed by atoms with van der Waals surface area (Å²) < 4.78 is 69.9. The van der Waals surface area contributed by atoms with Gasteiger partial charge in [0.05, 0.1) is 21.2 Å². The van der Waals surface area contributed by atoms with Gasteiger partial charge in [-0.1, -0.05) is 89.4 Å². The molecule has 1 atom stereocenters. The van der Waals surface area contributed by atoms with Crippen molar-refractivity contribution in [2.24, 2.45) is 0 Å². The molecule has 0 bridgehead atoms. The normalized spacial score (nSPS) is 12.3. The van der Waals surface area contributed by atoms with Crippen LogP contribution in [0.4, 0.5) is 18.9 Å². The van der Waals surface area contributed by atoms with Crippen molar-refractivity contribution in [3.63, 3.8) is 0 Å². The number of anilines is 1. The maximum atomic E-state index is 14.4. The molecule has 0 spiro atoms. The SMILES string of the molecule is CNC(=O)C(Cc1ccccc1)N(Cc1c(Cl)cccc1Cl)C(=O)CN(c1cc(C(F)(F)F)ccc1Cl)S(=O)(=O)c1ccccc1. The maximum Gasteiger partial charge on any atom is 0.416 e. The first-order chi connectivity index (χ1) is 21.7. The standard InChI is InChI=1S/C32H27Cl3F3N3O4S/c1-39-31(43)29(17-21-9-4-2-5-10-21)40(19-24-25(33)13-8-14-26(24)34)30(42)20-41(46(44,45)23-11-6-3-7-12-23)28-18-22(32(36,37)38)15-16-27(28)35/h2-16,18,29H,17,19-20H2,1H3,(H,39,43). The summed E-state index contributed by atoms with van der Waals surface area (Å²) in [4.78, 5) is 28.5. The van der Waals surface area contributed by atoms with E-state index in [9.17, 15) is 31.2 Å². The van der Waals surface area contributed by atoms with Gasteiger partial charge in [-0.2, -0.15) is 13.2 Å². The number of carbonyl (C=O) groups is 2. The number of likely N-dealkylation sites (N-methyl/N-ethyl adjacent to an activating group) is 1. The first-order valence-corrected chi connectivity index (χ1v) is 16.2. The molecule has 0 aromatic heterocycles. The summed E-state index contributed by atoms with van der Waals surface area (Å²) >= 11 is 19.2. The lowest BCUT2D eigenvalue weighted by Crippen LogP contribution is -2.53. The number of hydrogen-bond donors (Lipinski definition) is 1. The zero-order valence-electron chi connectivity index (χ0n) is 24.1. The van der Waals surface area contributed by atoms with Gasteiger partial charge in [-0.3, -0.25) is 13.9 Å². The van der Waals surface area contributed by atoms with Crippen LogP contribution in [0.1, 0.15) is 16.7 Å². The molecule has 0 fully saturated rings. The summed E-state index contributed by atoms with van der Waals surface area (Å²) in [6.07, 6.45) is -4.84. The molecule has 4 rings (SSSR count). The largest absolute Gasteiger partial charge is 0.416 e. The second-order valence-corrected chi connectivity index (χ2v) is 13.1. The van der Waals surface area contributed by atoms with Crippen LogP contribution in [-0.4, -0.2) is 44.8 Å². The van der Waals surface area contributed by atoms with E-state index >= 15 is 0 Å². The summed E-state index contributed by atoms with van der Waals surface area (Å²) in [5.74, 6) is -1.52. The van der Waals surface area contributed by atoms with Crippen LogP contribution in [0.5, 0.6) is 0 Å². The van der Waals surface area contributed by atoms with Crippen molar-refractivity contribution in [1.82, 2.24) is 10.2 Å². The molecule has 0 heterocycles. The van der Waals surface area contributed by atoms with E-state index in [1.165, 1.54) is 43.4 Å². The molecule has 46 heavy (non-hydrogen) atoms. The number of rotatable bonds is 11. The van der Waals surface area contributed by atoms with Crippen molar-refractivity contribution in [2.75, 3.05) is 17.9 Å². The second-order valence-electron chi connectivity index (χ2n) is 10.0. The topological polar surface area (TPSA) is 86.8 Å². The molecule has 0 aliphatic heterocycles. The summed E-state index contributed by atoms with van der Waals surface area (Å²) in [7, 11) is -3.31. The highest BCUT2D eigenvalue weighted by Gasteiger charge is 2.37. The quantitative estimate of drug-likeness (QED) is 0.178. The van der Waals surface area contributed by atoms with Crippen LogP contribution in [0.25, 0.3) is 0 Å². The summed E-state index contributed by atoms with van der Waals surface area (Å²) in [5, 5.41) is 2.53. The lowest BCUT2D eigenvalue weighted by Gasteiger charge is -2.34. The van der Waals surface area contributed by atoms with Gasteiger partial charge in [0.2, 0.25) is 11.8 Å². The molecular formula is C32H27Cl3F3N3O4S. The zero-order valence-corrected chi connectivity index (χ0v) is 27.2. The van der Waals surface area contributed by atoms with Gasteiger partial charge in [-0.05, 0) is 48.0 Å². The van der Waals surface area contributed by atoms with Crippen LogP contribution in [-0.2, 0) is 38.8 Å². The molecule has 2 amide bonds. The van der Waals surface area contributed by atoms with Crippen molar-refractivity contribution in [2.45, 2.75) is 30.1 Å². The Bertz CT molecular complexity index is 1790. The van der Waals surface area contributed by atoms with E-state index in [1.807, 2.05) is 0 Å². The number of hydrogen-bond acceptors (Lipinski definition) is 4. The number of benzene rings is 4. The van der Waals surface area contributed by atoms with Gasteiger partial charge in [0.15, 0.2) is 0 Å². The molecule has 14 heteroatoms. The van der Waals surface area contributed by atoms with Gasteiger partial charge in [0.1, 0.15) is 12.6 Å². The number of amides is 2. The van der Waals surface area contributed by atoms with Gasteiger partial charge in [0, 0.05) is 35.6 Å². The molecule has 0 radical (unpaired) electrons. The van der Waals surface area contributed by atoms with Crippen LogP contribution < -0.4 is 9.62 Å². The molecule has 1 unspecified atom stereocenters. The van der Waals surface area contributed by atoms with Crippen molar-refractivity contribution >= 4 is 62.3 Å². The van der Waals surface area contributed by atoms with Crippen molar-refractivity contribution in [3.05, 3.63) is 129 Å². The first-order valence-electron chi connectivity index (χ1n) is 13.7. The Morgan fingerprint density at radius 2 is 1.41 bits per heavy atom. The van der Waals surface area contributed by atoms with Gasteiger partial charge >= 0.3 is 6.18 Å². The van der Waals surface area contributed by atoms with Crippen LogP contribution >= 0.6 is 34.8 Å². The average molecular weight is 713 g/mol. The minimum atomic E-state index is -4.85. The molecule has 4 aromatic rings. The number of sulfonamides is 1. The lowest BCUT2D eigenvalue weighted by atomic mass is 10.0. The molecule has 0 saturated carbocycles. The van der Waals surface area contributed by atoms with Crippen molar-refractivity contribution in [1.29, 1.82) is 0 Å². The van der Waals surface area contributed by atoms with E-state index in [2.05, 4.69) is 5.32 Å². The summed E-state index contributed by atoms with van der Waals surface area (Å²) in [5.41, 5.74) is -0.812. The van der Waals surface area contributed by atoms with Crippen LogP contribution in [0.15, 0.2) is 102 Å². The highest BCUT2D eigenvalue weighted by molar-refractivity contribution is 7.92. The Balaban J connectivity index is 1.88. The number of carbonyl (C=O) groups excluding carboxylic acids is 2. The van der Waals surface area contributed by atoms with E-state index in [0.717, 1.165) is 11.0 Å². The zero-order chi connectivity index (χ0) is 33.6. The predicted octanol–water partition coefficient (Wildman–Crippen LogP) is 7.25. The fraction of sp³-hybridized carbons (Fsp3) is 0.188. The Hall–Kier alpha value is -3.77. The van der Waals surface area contributed by atoms with E-state index in [-0.39, 0.29) is 38.5 Å². The average Bonchev–Trinajstić information content (AvgIpc) is 3.03. The van der Waals surface area contributed by atoms with Crippen molar-refractivity contribution in [3.8, 4) is 0 Å². The Morgan fingerprint density at radius 3 is 1.98 bits per heavy atom. The maximum absolute atomic E-state index is 14.4. The van der Waals surface area contributed by atoms with Gasteiger partial charge in [-0.15, -0.1) is 0 Å². The highest BCUT2D eigenvalue weighted by Crippen LogP contribution is 2.38. The molecule has 7 nitrogen and oxygen atoms in total. The summed E-state index contributed by atoms with van der Waals surface area (Å²) in [6, 6.07) is 21.2. The third kappa shape index (κ3) is 8.14. The molecule has 4 aromatic carbocycles. The fourth-order valence-corrected chi connectivity index (χ4v) is 6.92. The van der Waals surface area contributed by atoms with E-state index in [1.54, 1.807) is 42.5 Å². The van der Waals surface area contributed by atoms with Crippen LogP contribution in [0, 0.1) is 0 Å². The third-order valence-corrected chi connectivity index (χ3v) is 9.86. The third-order valence-electron chi connectivity index (χ3n) is 7.06. The van der Waals surface area contributed by atoms with Gasteiger partial charge in [0.25, 0.3) is 10.0 Å². The van der Waals surface area contributed by atoms with Crippen LogP contribution in [0.2, 0.25) is 15.1 Å². The molecule has 242 valence electrons. The molecular weight excluding hydrogens is 686 g/mol. The second kappa shape index (κ2) is 14.8. The molecule has 0 saturated heterocycles. The van der Waals surface area contributed by atoms with Crippen LogP contribution in [0.3, 0.4) is 0 Å².